The van der Waals surface area contributed by atoms with Crippen LogP contribution in [-0.2, 0) is 9.53 Å². The Hall–Kier alpha value is -2.86. The summed E-state index contributed by atoms with van der Waals surface area (Å²) in [6.07, 6.45) is 2.15. The molecule has 0 spiro atoms. The Balaban J connectivity index is 1.42. The number of anilines is 1. The second-order valence-corrected chi connectivity index (χ2v) is 6.07. The molecular weight excluding hydrogens is 332 g/mol. The summed E-state index contributed by atoms with van der Waals surface area (Å²) >= 11 is 0. The van der Waals surface area contributed by atoms with Crippen molar-refractivity contribution in [2.24, 2.45) is 0 Å². The van der Waals surface area contributed by atoms with Gasteiger partial charge in [0.25, 0.3) is 11.8 Å². The maximum Gasteiger partial charge on any atom is 0.258 e. The van der Waals surface area contributed by atoms with Crippen LogP contribution < -0.4 is 15.4 Å². The van der Waals surface area contributed by atoms with Crippen molar-refractivity contribution in [3.63, 3.8) is 0 Å². The first kappa shape index (κ1) is 17.9. The van der Waals surface area contributed by atoms with Gasteiger partial charge in [0, 0.05) is 24.4 Å². The molecule has 2 aromatic rings. The SMILES string of the molecule is O=C(COc1ccc(NC(=O)c2ccccc2)cc1)NC[C@@H]1CCCO1. The van der Waals surface area contributed by atoms with Gasteiger partial charge in [-0.25, -0.2) is 0 Å². The maximum atomic E-state index is 12.1. The fourth-order valence-electron chi connectivity index (χ4n) is 2.66. The van der Waals surface area contributed by atoms with Crippen molar-refractivity contribution in [2.45, 2.75) is 18.9 Å². The molecule has 0 bridgehead atoms. The third-order valence-corrected chi connectivity index (χ3v) is 4.07. The highest BCUT2D eigenvalue weighted by molar-refractivity contribution is 6.04. The summed E-state index contributed by atoms with van der Waals surface area (Å²) in [5.74, 6) is 0.213. The lowest BCUT2D eigenvalue weighted by molar-refractivity contribution is -0.123. The van der Waals surface area contributed by atoms with Crippen molar-refractivity contribution >= 4 is 17.5 Å². The summed E-state index contributed by atoms with van der Waals surface area (Å²) in [7, 11) is 0. The Bertz CT molecular complexity index is 725. The molecule has 0 aliphatic carbocycles. The number of ether oxygens (including phenoxy) is 2. The molecule has 1 aliphatic rings. The van der Waals surface area contributed by atoms with E-state index in [9.17, 15) is 9.59 Å². The van der Waals surface area contributed by atoms with Crippen LogP contribution in [0.5, 0.6) is 5.75 Å². The highest BCUT2D eigenvalue weighted by Crippen LogP contribution is 2.16. The van der Waals surface area contributed by atoms with E-state index in [1.807, 2.05) is 18.2 Å². The fraction of sp³-hybridized carbons (Fsp3) is 0.300. The molecule has 6 heteroatoms. The van der Waals surface area contributed by atoms with Gasteiger partial charge in [-0.2, -0.15) is 0 Å². The molecule has 136 valence electrons. The van der Waals surface area contributed by atoms with Crippen molar-refractivity contribution in [2.75, 3.05) is 25.1 Å². The van der Waals surface area contributed by atoms with E-state index < -0.39 is 0 Å². The Morgan fingerprint density at radius 2 is 1.85 bits per heavy atom. The Kier molecular flexibility index (Phi) is 6.22. The molecule has 1 heterocycles. The van der Waals surface area contributed by atoms with Crippen molar-refractivity contribution in [1.82, 2.24) is 5.32 Å². The van der Waals surface area contributed by atoms with Gasteiger partial charge in [-0.1, -0.05) is 18.2 Å². The van der Waals surface area contributed by atoms with E-state index in [-0.39, 0.29) is 24.5 Å². The first-order chi connectivity index (χ1) is 12.7. The number of carbonyl (C=O) groups is 2. The summed E-state index contributed by atoms with van der Waals surface area (Å²) in [6, 6.07) is 15.9. The number of amides is 2. The molecular formula is C20H22N2O4. The first-order valence-corrected chi connectivity index (χ1v) is 8.68. The van der Waals surface area contributed by atoms with Gasteiger partial charge in [-0.05, 0) is 49.2 Å². The normalized spacial score (nSPS) is 16.1. The highest BCUT2D eigenvalue weighted by Gasteiger charge is 2.16. The van der Waals surface area contributed by atoms with E-state index in [4.69, 9.17) is 9.47 Å². The van der Waals surface area contributed by atoms with E-state index >= 15 is 0 Å². The molecule has 0 radical (unpaired) electrons. The Morgan fingerprint density at radius 1 is 1.08 bits per heavy atom. The molecule has 1 atom stereocenters. The van der Waals surface area contributed by atoms with E-state index in [2.05, 4.69) is 10.6 Å². The molecule has 26 heavy (non-hydrogen) atoms. The van der Waals surface area contributed by atoms with Crippen LogP contribution in [0.3, 0.4) is 0 Å². The summed E-state index contributed by atoms with van der Waals surface area (Å²) in [6.45, 7) is 1.24. The minimum Gasteiger partial charge on any atom is -0.484 e. The summed E-state index contributed by atoms with van der Waals surface area (Å²) in [5.41, 5.74) is 1.25. The number of benzene rings is 2. The number of nitrogens with one attached hydrogen (secondary N) is 2. The van der Waals surface area contributed by atoms with E-state index in [1.165, 1.54) is 0 Å². The van der Waals surface area contributed by atoms with Gasteiger partial charge in [0.2, 0.25) is 0 Å². The fourth-order valence-corrected chi connectivity index (χ4v) is 2.66. The lowest BCUT2D eigenvalue weighted by Crippen LogP contribution is -2.35. The van der Waals surface area contributed by atoms with Crippen LogP contribution in [0.4, 0.5) is 5.69 Å². The molecule has 2 N–H and O–H groups in total. The lowest BCUT2D eigenvalue weighted by atomic mass is 10.2. The van der Waals surface area contributed by atoms with Gasteiger partial charge >= 0.3 is 0 Å². The van der Waals surface area contributed by atoms with Crippen molar-refractivity contribution in [3.8, 4) is 5.75 Å². The topological polar surface area (TPSA) is 76.7 Å². The van der Waals surface area contributed by atoms with Crippen LogP contribution in [0.15, 0.2) is 54.6 Å². The zero-order valence-corrected chi connectivity index (χ0v) is 14.4. The smallest absolute Gasteiger partial charge is 0.258 e. The summed E-state index contributed by atoms with van der Waals surface area (Å²) in [5, 5.41) is 5.62. The van der Waals surface area contributed by atoms with Gasteiger partial charge < -0.3 is 20.1 Å². The lowest BCUT2D eigenvalue weighted by Gasteiger charge is -2.11. The number of rotatable bonds is 7. The van der Waals surface area contributed by atoms with Crippen LogP contribution in [0.25, 0.3) is 0 Å². The Morgan fingerprint density at radius 3 is 2.54 bits per heavy atom. The van der Waals surface area contributed by atoms with E-state index in [0.717, 1.165) is 19.4 Å². The minimum atomic E-state index is -0.179. The van der Waals surface area contributed by atoms with Crippen LogP contribution >= 0.6 is 0 Å². The second-order valence-electron chi connectivity index (χ2n) is 6.07. The predicted molar refractivity (Wildman–Crippen MR) is 98.3 cm³/mol. The summed E-state index contributed by atoms with van der Waals surface area (Å²) < 4.78 is 10.9. The number of hydrogen-bond donors (Lipinski definition) is 2. The summed E-state index contributed by atoms with van der Waals surface area (Å²) in [4.78, 5) is 23.9. The quantitative estimate of drug-likeness (QED) is 0.801. The van der Waals surface area contributed by atoms with Gasteiger partial charge in [0.15, 0.2) is 6.61 Å². The number of hydrogen-bond acceptors (Lipinski definition) is 4. The predicted octanol–water partition coefficient (Wildman–Crippen LogP) is 2.61. The zero-order valence-electron chi connectivity index (χ0n) is 14.4. The van der Waals surface area contributed by atoms with Crippen molar-refractivity contribution in [3.05, 3.63) is 60.2 Å². The number of carbonyl (C=O) groups excluding carboxylic acids is 2. The third-order valence-electron chi connectivity index (χ3n) is 4.07. The molecule has 3 rings (SSSR count). The largest absolute Gasteiger partial charge is 0.484 e. The average molecular weight is 354 g/mol. The van der Waals surface area contributed by atoms with Crippen LogP contribution in [0.2, 0.25) is 0 Å². The van der Waals surface area contributed by atoms with Crippen molar-refractivity contribution in [1.29, 1.82) is 0 Å². The maximum absolute atomic E-state index is 12.1. The van der Waals surface area contributed by atoms with Gasteiger partial charge in [0.1, 0.15) is 5.75 Å². The molecule has 1 saturated heterocycles. The van der Waals surface area contributed by atoms with Crippen LogP contribution in [-0.4, -0.2) is 37.7 Å². The van der Waals surface area contributed by atoms with Crippen molar-refractivity contribution < 1.29 is 19.1 Å². The van der Waals surface area contributed by atoms with Gasteiger partial charge in [0.05, 0.1) is 6.10 Å². The van der Waals surface area contributed by atoms with E-state index in [0.29, 0.717) is 23.5 Å². The molecule has 1 fully saturated rings. The molecule has 0 saturated carbocycles. The minimum absolute atomic E-state index is 0.0531. The second kappa shape index (κ2) is 9.01. The Labute approximate surface area is 152 Å². The van der Waals surface area contributed by atoms with E-state index in [1.54, 1.807) is 36.4 Å². The average Bonchev–Trinajstić information content (AvgIpc) is 3.20. The van der Waals surface area contributed by atoms with Gasteiger partial charge in [-0.3, -0.25) is 9.59 Å². The molecule has 6 nitrogen and oxygen atoms in total. The zero-order chi connectivity index (χ0) is 18.2. The molecule has 2 amide bonds. The third kappa shape index (κ3) is 5.32. The molecule has 0 aromatic heterocycles. The van der Waals surface area contributed by atoms with Gasteiger partial charge in [-0.15, -0.1) is 0 Å². The molecule has 2 aromatic carbocycles. The molecule has 1 aliphatic heterocycles. The standard InChI is InChI=1S/C20H22N2O4/c23-19(21-13-18-7-4-12-25-18)14-26-17-10-8-16(9-11-17)22-20(24)15-5-2-1-3-6-15/h1-3,5-6,8-11,18H,4,7,12-14H2,(H,21,23)(H,22,24)/t18-/m0/s1. The monoisotopic (exact) mass is 354 g/mol. The van der Waals surface area contributed by atoms with Crippen LogP contribution in [0, 0.1) is 0 Å². The highest BCUT2D eigenvalue weighted by atomic mass is 16.5. The van der Waals surface area contributed by atoms with Crippen LogP contribution in [0.1, 0.15) is 23.2 Å². The first-order valence-electron chi connectivity index (χ1n) is 8.68. The molecule has 0 unspecified atom stereocenters.